The summed E-state index contributed by atoms with van der Waals surface area (Å²) < 4.78 is 33.4. The van der Waals surface area contributed by atoms with Gasteiger partial charge < -0.3 is 15.0 Å². The maximum Gasteiger partial charge on any atom is 0.244 e. The maximum absolute atomic E-state index is 13.8. The van der Waals surface area contributed by atoms with E-state index in [-0.39, 0.29) is 18.5 Å². The van der Waals surface area contributed by atoms with Crippen molar-refractivity contribution in [2.24, 2.45) is 0 Å². The molecule has 0 radical (unpaired) electrons. The van der Waals surface area contributed by atoms with Crippen LogP contribution < -0.4 is 14.4 Å². The molecule has 0 saturated heterocycles. The van der Waals surface area contributed by atoms with Gasteiger partial charge in [-0.15, -0.1) is 0 Å². The van der Waals surface area contributed by atoms with Gasteiger partial charge in [0.05, 0.1) is 11.9 Å². The molecule has 1 aliphatic rings. The molecular weight excluding hydrogens is 594 g/mol. The topological polar surface area (TPSA) is 96.0 Å². The SMILES string of the molecule is C[C@@H](C(=O)NC1CCCC1)N(Cc1cccc(Br)c1)C(=O)CN(c1ccc(Oc2ccccc2)cc1)S(C)(=O)=O. The van der Waals surface area contributed by atoms with Crippen LogP contribution in [0.2, 0.25) is 0 Å². The molecule has 3 aromatic carbocycles. The summed E-state index contributed by atoms with van der Waals surface area (Å²) in [4.78, 5) is 28.4. The van der Waals surface area contributed by atoms with Crippen LogP contribution >= 0.6 is 15.9 Å². The van der Waals surface area contributed by atoms with Crippen LogP contribution in [0.1, 0.15) is 38.2 Å². The smallest absolute Gasteiger partial charge is 0.244 e. The van der Waals surface area contributed by atoms with Crippen molar-refractivity contribution in [1.29, 1.82) is 0 Å². The lowest BCUT2D eigenvalue weighted by Crippen LogP contribution is -2.52. The third-order valence-electron chi connectivity index (χ3n) is 6.89. The van der Waals surface area contributed by atoms with Gasteiger partial charge in [0.2, 0.25) is 21.8 Å². The highest BCUT2D eigenvalue weighted by molar-refractivity contribution is 9.10. The van der Waals surface area contributed by atoms with E-state index < -0.39 is 28.5 Å². The fourth-order valence-corrected chi connectivity index (χ4v) is 6.02. The number of hydrogen-bond donors (Lipinski definition) is 1. The molecule has 8 nitrogen and oxygen atoms in total. The van der Waals surface area contributed by atoms with Crippen LogP contribution in [0.3, 0.4) is 0 Å². The lowest BCUT2D eigenvalue weighted by atomic mass is 10.1. The molecule has 40 heavy (non-hydrogen) atoms. The number of hydrogen-bond acceptors (Lipinski definition) is 5. The lowest BCUT2D eigenvalue weighted by Gasteiger charge is -2.32. The van der Waals surface area contributed by atoms with Gasteiger partial charge in [-0.1, -0.05) is 59.1 Å². The first-order chi connectivity index (χ1) is 19.1. The number of benzene rings is 3. The maximum atomic E-state index is 13.8. The summed E-state index contributed by atoms with van der Waals surface area (Å²) in [6.45, 7) is 1.38. The van der Waals surface area contributed by atoms with Gasteiger partial charge in [0.1, 0.15) is 24.1 Å². The van der Waals surface area contributed by atoms with Gasteiger partial charge in [-0.05, 0) is 73.9 Å². The number of carbonyl (C=O) groups is 2. The number of sulfonamides is 1. The largest absolute Gasteiger partial charge is 0.457 e. The molecule has 3 aromatic rings. The fraction of sp³-hybridized carbons (Fsp3) is 0.333. The molecule has 212 valence electrons. The molecule has 0 aliphatic heterocycles. The number of ether oxygens (including phenoxy) is 1. The normalized spacial score (nSPS) is 14.4. The number of nitrogens with zero attached hydrogens (tertiary/aromatic N) is 2. The number of halogens is 1. The molecule has 4 rings (SSSR count). The number of para-hydroxylation sites is 1. The summed E-state index contributed by atoms with van der Waals surface area (Å²) in [6.07, 6.45) is 5.04. The first kappa shape index (κ1) is 29.6. The Morgan fingerprint density at radius 3 is 2.25 bits per heavy atom. The Bertz CT molecular complexity index is 1410. The van der Waals surface area contributed by atoms with E-state index >= 15 is 0 Å². The van der Waals surface area contributed by atoms with Gasteiger partial charge in [-0.25, -0.2) is 8.42 Å². The molecule has 2 amide bonds. The van der Waals surface area contributed by atoms with Gasteiger partial charge in [0, 0.05) is 17.1 Å². The van der Waals surface area contributed by atoms with Crippen molar-refractivity contribution in [3.05, 3.63) is 88.9 Å². The van der Waals surface area contributed by atoms with Crippen LogP contribution in [0, 0.1) is 0 Å². The van der Waals surface area contributed by atoms with Crippen LogP contribution in [0.4, 0.5) is 5.69 Å². The Morgan fingerprint density at radius 2 is 1.62 bits per heavy atom. The number of amides is 2. The average Bonchev–Trinajstić information content (AvgIpc) is 3.43. The second-order valence-corrected chi connectivity index (χ2v) is 12.8. The Balaban J connectivity index is 1.55. The Morgan fingerprint density at radius 1 is 0.975 bits per heavy atom. The summed E-state index contributed by atoms with van der Waals surface area (Å²) in [5.41, 5.74) is 1.14. The zero-order valence-electron chi connectivity index (χ0n) is 22.6. The van der Waals surface area contributed by atoms with Crippen molar-refractivity contribution in [2.45, 2.75) is 51.2 Å². The van der Waals surface area contributed by atoms with Crippen molar-refractivity contribution in [1.82, 2.24) is 10.2 Å². The van der Waals surface area contributed by atoms with Crippen molar-refractivity contribution >= 4 is 43.5 Å². The minimum absolute atomic E-state index is 0.0990. The van der Waals surface area contributed by atoms with Gasteiger partial charge >= 0.3 is 0 Å². The Labute approximate surface area is 244 Å². The van der Waals surface area contributed by atoms with E-state index in [1.807, 2.05) is 54.6 Å². The van der Waals surface area contributed by atoms with Crippen molar-refractivity contribution in [3.63, 3.8) is 0 Å². The molecule has 10 heteroatoms. The molecule has 1 aliphatic carbocycles. The molecule has 1 saturated carbocycles. The van der Waals surface area contributed by atoms with Crippen molar-refractivity contribution in [3.8, 4) is 11.5 Å². The highest BCUT2D eigenvalue weighted by atomic mass is 79.9. The monoisotopic (exact) mass is 627 g/mol. The average molecular weight is 629 g/mol. The van der Waals surface area contributed by atoms with Gasteiger partial charge in [-0.2, -0.15) is 0 Å². The van der Waals surface area contributed by atoms with E-state index in [4.69, 9.17) is 4.74 Å². The molecular formula is C30H34BrN3O5S. The van der Waals surface area contributed by atoms with E-state index in [1.165, 1.54) is 4.90 Å². The number of rotatable bonds is 11. The number of nitrogens with one attached hydrogen (secondary N) is 1. The van der Waals surface area contributed by atoms with Crippen LogP contribution in [-0.4, -0.2) is 50.0 Å². The second kappa shape index (κ2) is 13.3. The Hall–Kier alpha value is -3.37. The summed E-state index contributed by atoms with van der Waals surface area (Å²) in [5.74, 6) is 0.453. The van der Waals surface area contributed by atoms with E-state index in [0.29, 0.717) is 17.2 Å². The number of carbonyl (C=O) groups excluding carboxylic acids is 2. The zero-order valence-corrected chi connectivity index (χ0v) is 25.0. The quantitative estimate of drug-likeness (QED) is 0.303. The third kappa shape index (κ3) is 8.08. The molecule has 0 spiro atoms. The molecule has 0 unspecified atom stereocenters. The second-order valence-electron chi connectivity index (χ2n) is 10.00. The molecule has 0 heterocycles. The first-order valence-electron chi connectivity index (χ1n) is 13.2. The van der Waals surface area contributed by atoms with Gasteiger partial charge in [-0.3, -0.25) is 13.9 Å². The van der Waals surface area contributed by atoms with E-state index in [9.17, 15) is 18.0 Å². The van der Waals surface area contributed by atoms with Crippen molar-refractivity contribution in [2.75, 3.05) is 17.1 Å². The first-order valence-corrected chi connectivity index (χ1v) is 15.9. The van der Waals surface area contributed by atoms with Gasteiger partial charge in [0.15, 0.2) is 0 Å². The van der Waals surface area contributed by atoms with Crippen LogP contribution in [0.15, 0.2) is 83.3 Å². The predicted octanol–water partition coefficient (Wildman–Crippen LogP) is 5.48. The number of anilines is 1. The van der Waals surface area contributed by atoms with Crippen LogP contribution in [0.5, 0.6) is 11.5 Å². The van der Waals surface area contributed by atoms with Gasteiger partial charge in [0.25, 0.3) is 0 Å². The highest BCUT2D eigenvalue weighted by Crippen LogP contribution is 2.26. The zero-order chi connectivity index (χ0) is 28.7. The summed E-state index contributed by atoms with van der Waals surface area (Å²) in [5, 5.41) is 3.06. The molecule has 1 N–H and O–H groups in total. The van der Waals surface area contributed by atoms with E-state index in [2.05, 4.69) is 21.2 Å². The fourth-order valence-electron chi connectivity index (χ4n) is 4.73. The van der Waals surface area contributed by atoms with Crippen LogP contribution in [0.25, 0.3) is 0 Å². The summed E-state index contributed by atoms with van der Waals surface area (Å²) in [6, 6.07) is 22.5. The lowest BCUT2D eigenvalue weighted by molar-refractivity contribution is -0.139. The predicted molar refractivity (Wildman–Crippen MR) is 160 cm³/mol. The molecule has 1 atom stereocenters. The molecule has 0 aromatic heterocycles. The summed E-state index contributed by atoms with van der Waals surface area (Å²) in [7, 11) is -3.83. The summed E-state index contributed by atoms with van der Waals surface area (Å²) >= 11 is 3.46. The van der Waals surface area contributed by atoms with E-state index in [1.54, 1.807) is 31.2 Å². The highest BCUT2D eigenvalue weighted by Gasteiger charge is 2.31. The molecule has 0 bridgehead atoms. The van der Waals surface area contributed by atoms with E-state index in [0.717, 1.165) is 46.3 Å². The third-order valence-corrected chi connectivity index (χ3v) is 8.53. The minimum Gasteiger partial charge on any atom is -0.457 e. The Kier molecular flexibility index (Phi) is 9.86. The minimum atomic E-state index is -3.83. The molecule has 1 fully saturated rings. The van der Waals surface area contributed by atoms with Crippen molar-refractivity contribution < 1.29 is 22.7 Å². The van der Waals surface area contributed by atoms with Crippen LogP contribution in [-0.2, 0) is 26.2 Å². The standard InChI is InChI=1S/C30H34BrN3O5S/c1-22(30(36)32-25-11-6-7-12-25)33(20-23-9-8-10-24(31)19-23)29(35)21-34(40(2,37)38)26-15-17-28(18-16-26)39-27-13-4-3-5-14-27/h3-5,8-10,13-19,22,25H,6-7,11-12,20-21H2,1-2H3,(H,32,36)/t22-/m0/s1.